The molecule has 0 bridgehead atoms. The number of fused-ring (bicyclic) bond motifs is 1. The summed E-state index contributed by atoms with van der Waals surface area (Å²) >= 11 is 0. The van der Waals surface area contributed by atoms with Gasteiger partial charge in [0.25, 0.3) is 0 Å². The quantitative estimate of drug-likeness (QED) is 0.858. The zero-order valence-electron chi connectivity index (χ0n) is 11.8. The van der Waals surface area contributed by atoms with Gasteiger partial charge in [-0.3, -0.25) is 0 Å². The van der Waals surface area contributed by atoms with Gasteiger partial charge in [-0.1, -0.05) is 19.8 Å². The van der Waals surface area contributed by atoms with Gasteiger partial charge in [0.05, 0.1) is 0 Å². The van der Waals surface area contributed by atoms with Crippen molar-refractivity contribution in [3.63, 3.8) is 0 Å². The predicted octanol–water partition coefficient (Wildman–Crippen LogP) is 3.88. The summed E-state index contributed by atoms with van der Waals surface area (Å²) in [4.78, 5) is 0. The average molecular weight is 246 g/mol. The zero-order valence-corrected chi connectivity index (χ0v) is 11.8. The largest absolute Gasteiger partial charge is 0.346 e. The van der Waals surface area contributed by atoms with E-state index in [1.54, 1.807) is 5.69 Å². The van der Waals surface area contributed by atoms with Gasteiger partial charge < -0.3 is 10.3 Å². The minimum absolute atomic E-state index is 0.284. The van der Waals surface area contributed by atoms with Gasteiger partial charge in [0.15, 0.2) is 0 Å². The van der Waals surface area contributed by atoms with Gasteiger partial charge in [0, 0.05) is 23.5 Å². The Labute approximate surface area is 111 Å². The third kappa shape index (κ3) is 2.11. The Hall–Kier alpha value is -0.760. The van der Waals surface area contributed by atoms with Crippen LogP contribution < -0.4 is 5.73 Å². The van der Waals surface area contributed by atoms with Crippen molar-refractivity contribution in [3.05, 3.63) is 23.0 Å². The summed E-state index contributed by atoms with van der Waals surface area (Å²) in [7, 11) is 0. The summed E-state index contributed by atoms with van der Waals surface area (Å²) in [6.07, 6.45) is 9.21. The van der Waals surface area contributed by atoms with Crippen LogP contribution in [0, 0.1) is 12.8 Å². The molecule has 2 N–H and O–H groups in total. The summed E-state index contributed by atoms with van der Waals surface area (Å²) in [5.74, 6) is 1.00. The van der Waals surface area contributed by atoms with Crippen LogP contribution in [0.25, 0.3) is 0 Å². The van der Waals surface area contributed by atoms with Crippen LogP contribution >= 0.6 is 0 Å². The third-order valence-electron chi connectivity index (χ3n) is 4.84. The van der Waals surface area contributed by atoms with E-state index < -0.39 is 0 Å². The summed E-state index contributed by atoms with van der Waals surface area (Å²) < 4.78 is 2.63. The Bertz CT molecular complexity index is 429. The fourth-order valence-corrected chi connectivity index (χ4v) is 3.66. The highest BCUT2D eigenvalue weighted by Gasteiger charge is 2.29. The summed E-state index contributed by atoms with van der Waals surface area (Å²) in [5.41, 5.74) is 10.7. The Morgan fingerprint density at radius 2 is 2.17 bits per heavy atom. The second-order valence-corrected chi connectivity index (χ2v) is 6.30. The second-order valence-electron chi connectivity index (χ2n) is 6.30. The smallest absolute Gasteiger partial charge is 0.0336 e. The molecule has 0 radical (unpaired) electrons. The van der Waals surface area contributed by atoms with E-state index in [1.165, 1.54) is 49.8 Å². The molecule has 1 heterocycles. The molecule has 0 amide bonds. The van der Waals surface area contributed by atoms with E-state index >= 15 is 0 Å². The highest BCUT2D eigenvalue weighted by Crippen LogP contribution is 2.41. The molecule has 0 aliphatic heterocycles. The molecule has 0 saturated heterocycles. The number of nitrogens with zero attached hydrogens (tertiary/aromatic N) is 1. The molecule has 1 saturated carbocycles. The minimum Gasteiger partial charge on any atom is -0.346 e. The molecule has 1 fully saturated rings. The first-order valence-corrected chi connectivity index (χ1v) is 7.66. The number of hydrogen-bond donors (Lipinski definition) is 1. The minimum atomic E-state index is 0.284. The standard InChI is InChI=1S/C16H26N2/c1-3-13(10-12-7-8-12)18-11(2)9-14-15(17)5-4-6-16(14)18/h9,12-13,15H,3-8,10,17H2,1-2H3. The van der Waals surface area contributed by atoms with E-state index in [9.17, 15) is 0 Å². The molecule has 1 aromatic heterocycles. The van der Waals surface area contributed by atoms with Crippen molar-refractivity contribution in [1.29, 1.82) is 0 Å². The van der Waals surface area contributed by atoms with E-state index in [2.05, 4.69) is 24.5 Å². The van der Waals surface area contributed by atoms with Crippen LogP contribution in [0.5, 0.6) is 0 Å². The molecule has 3 rings (SSSR count). The number of rotatable bonds is 4. The number of hydrogen-bond acceptors (Lipinski definition) is 1. The highest BCUT2D eigenvalue weighted by molar-refractivity contribution is 5.33. The summed E-state index contributed by atoms with van der Waals surface area (Å²) in [5, 5.41) is 0. The molecule has 1 aromatic rings. The molecular weight excluding hydrogens is 220 g/mol. The van der Waals surface area contributed by atoms with Crippen LogP contribution in [0.2, 0.25) is 0 Å². The van der Waals surface area contributed by atoms with Crippen molar-refractivity contribution >= 4 is 0 Å². The van der Waals surface area contributed by atoms with Gasteiger partial charge in [0.2, 0.25) is 0 Å². The maximum atomic E-state index is 6.27. The van der Waals surface area contributed by atoms with E-state index in [-0.39, 0.29) is 6.04 Å². The molecule has 2 nitrogen and oxygen atoms in total. The van der Waals surface area contributed by atoms with Gasteiger partial charge in [-0.05, 0) is 56.6 Å². The molecule has 2 heteroatoms. The van der Waals surface area contributed by atoms with Crippen LogP contribution in [0.4, 0.5) is 0 Å². The van der Waals surface area contributed by atoms with Gasteiger partial charge >= 0.3 is 0 Å². The van der Waals surface area contributed by atoms with Gasteiger partial charge in [-0.2, -0.15) is 0 Å². The maximum Gasteiger partial charge on any atom is 0.0336 e. The Morgan fingerprint density at radius 1 is 1.39 bits per heavy atom. The summed E-state index contributed by atoms with van der Waals surface area (Å²) in [6.45, 7) is 4.60. The van der Waals surface area contributed by atoms with Crippen LogP contribution in [-0.4, -0.2) is 4.57 Å². The van der Waals surface area contributed by atoms with Crippen LogP contribution in [0.3, 0.4) is 0 Å². The van der Waals surface area contributed by atoms with E-state index in [0.717, 1.165) is 12.3 Å². The van der Waals surface area contributed by atoms with Crippen LogP contribution in [-0.2, 0) is 6.42 Å². The molecule has 0 aromatic carbocycles. The third-order valence-corrected chi connectivity index (χ3v) is 4.84. The lowest BCUT2D eigenvalue weighted by atomic mass is 9.93. The Balaban J connectivity index is 1.94. The maximum absolute atomic E-state index is 6.27. The second kappa shape index (κ2) is 4.73. The van der Waals surface area contributed by atoms with Gasteiger partial charge in [-0.15, -0.1) is 0 Å². The highest BCUT2D eigenvalue weighted by atomic mass is 15.0. The number of aryl methyl sites for hydroxylation is 1. The molecule has 2 aliphatic carbocycles. The molecular formula is C16H26N2. The molecule has 18 heavy (non-hydrogen) atoms. The van der Waals surface area contributed by atoms with Crippen LogP contribution in [0.1, 0.15) is 74.5 Å². The first-order valence-electron chi connectivity index (χ1n) is 7.66. The van der Waals surface area contributed by atoms with E-state index in [0.29, 0.717) is 6.04 Å². The molecule has 100 valence electrons. The van der Waals surface area contributed by atoms with Crippen molar-refractivity contribution < 1.29 is 0 Å². The van der Waals surface area contributed by atoms with Crippen molar-refractivity contribution in [3.8, 4) is 0 Å². The van der Waals surface area contributed by atoms with E-state index in [4.69, 9.17) is 5.73 Å². The molecule has 0 spiro atoms. The molecule has 2 unspecified atom stereocenters. The van der Waals surface area contributed by atoms with Crippen molar-refractivity contribution in [2.75, 3.05) is 0 Å². The number of nitrogens with two attached hydrogens (primary N) is 1. The average Bonchev–Trinajstić information content (AvgIpc) is 3.10. The Morgan fingerprint density at radius 3 is 2.83 bits per heavy atom. The summed E-state index contributed by atoms with van der Waals surface area (Å²) in [6, 6.07) is 3.35. The SMILES string of the molecule is CCC(CC1CC1)n1c(C)cc2c1CCCC2N. The van der Waals surface area contributed by atoms with E-state index in [1.807, 2.05) is 0 Å². The lowest BCUT2D eigenvalue weighted by Gasteiger charge is -2.26. The van der Waals surface area contributed by atoms with Crippen molar-refractivity contribution in [2.24, 2.45) is 11.7 Å². The van der Waals surface area contributed by atoms with Crippen molar-refractivity contribution in [1.82, 2.24) is 4.57 Å². The zero-order chi connectivity index (χ0) is 12.7. The number of aromatic nitrogens is 1. The first-order chi connectivity index (χ1) is 8.70. The van der Waals surface area contributed by atoms with Crippen LogP contribution in [0.15, 0.2) is 6.07 Å². The monoisotopic (exact) mass is 246 g/mol. The van der Waals surface area contributed by atoms with Crippen molar-refractivity contribution in [2.45, 2.75) is 70.9 Å². The van der Waals surface area contributed by atoms with Gasteiger partial charge in [0.1, 0.15) is 0 Å². The first kappa shape index (κ1) is 12.3. The van der Waals surface area contributed by atoms with Gasteiger partial charge in [-0.25, -0.2) is 0 Å². The predicted molar refractivity (Wildman–Crippen MR) is 75.7 cm³/mol. The molecule has 2 aliphatic rings. The Kier molecular flexibility index (Phi) is 3.23. The normalized spacial score (nSPS) is 24.9. The lowest BCUT2D eigenvalue weighted by Crippen LogP contribution is -2.20. The topological polar surface area (TPSA) is 30.9 Å². The molecule has 2 atom stereocenters. The fourth-order valence-electron chi connectivity index (χ4n) is 3.66. The fraction of sp³-hybridized carbons (Fsp3) is 0.750. The lowest BCUT2D eigenvalue weighted by molar-refractivity contribution is 0.403.